The number of anilines is 1. The summed E-state index contributed by atoms with van der Waals surface area (Å²) in [6.45, 7) is 6.52. The van der Waals surface area contributed by atoms with Gasteiger partial charge in [-0.2, -0.15) is 0 Å². The molecule has 4 nitrogen and oxygen atoms in total. The Labute approximate surface area is 128 Å². The van der Waals surface area contributed by atoms with E-state index in [0.29, 0.717) is 12.0 Å². The summed E-state index contributed by atoms with van der Waals surface area (Å²) in [4.78, 5) is 7.35. The summed E-state index contributed by atoms with van der Waals surface area (Å²) in [5, 5.41) is 0. The van der Waals surface area contributed by atoms with E-state index in [1.54, 1.807) is 0 Å². The summed E-state index contributed by atoms with van der Waals surface area (Å²) in [5.41, 5.74) is 7.52. The van der Waals surface area contributed by atoms with Crippen LogP contribution in [-0.2, 0) is 6.42 Å². The van der Waals surface area contributed by atoms with E-state index < -0.39 is 0 Å². The minimum atomic E-state index is 0.278. The van der Waals surface area contributed by atoms with Crippen LogP contribution in [0.25, 0.3) is 0 Å². The van der Waals surface area contributed by atoms with Gasteiger partial charge in [-0.3, -0.25) is 0 Å². The fourth-order valence-corrected chi connectivity index (χ4v) is 3.75. The number of nitrogens with zero attached hydrogens (tertiary/aromatic N) is 3. The van der Waals surface area contributed by atoms with Crippen molar-refractivity contribution in [2.75, 3.05) is 18.0 Å². The molecule has 0 radical (unpaired) electrons. The Bertz CT molecular complexity index is 461. The molecule has 0 amide bonds. The van der Waals surface area contributed by atoms with Gasteiger partial charge in [-0.1, -0.05) is 33.1 Å². The molecule has 21 heavy (non-hydrogen) atoms. The lowest BCUT2D eigenvalue weighted by Gasteiger charge is -2.37. The second kappa shape index (κ2) is 6.39. The lowest BCUT2D eigenvalue weighted by Crippen LogP contribution is -2.48. The van der Waals surface area contributed by atoms with Crippen molar-refractivity contribution in [1.82, 2.24) is 9.55 Å². The van der Waals surface area contributed by atoms with Crippen molar-refractivity contribution in [3.8, 4) is 0 Å². The van der Waals surface area contributed by atoms with Gasteiger partial charge in [0, 0.05) is 31.4 Å². The van der Waals surface area contributed by atoms with Crippen molar-refractivity contribution in [3.63, 3.8) is 0 Å². The third-order valence-corrected chi connectivity index (χ3v) is 5.39. The van der Waals surface area contributed by atoms with Gasteiger partial charge in [-0.25, -0.2) is 4.98 Å². The van der Waals surface area contributed by atoms with Crippen molar-refractivity contribution in [2.45, 2.75) is 70.9 Å². The van der Waals surface area contributed by atoms with E-state index in [0.717, 1.165) is 19.5 Å². The summed E-state index contributed by atoms with van der Waals surface area (Å²) in [6.07, 6.45) is 11.2. The SMILES string of the molecule is CCc1cn(C2CCCCC2)c(N2CCC(C)C(N)C2)n1. The summed E-state index contributed by atoms with van der Waals surface area (Å²) in [5.74, 6) is 1.81. The van der Waals surface area contributed by atoms with Crippen molar-refractivity contribution >= 4 is 5.95 Å². The molecular formula is C17H30N4. The largest absolute Gasteiger partial charge is 0.341 e. The van der Waals surface area contributed by atoms with Gasteiger partial charge in [-0.05, 0) is 31.6 Å². The first-order chi connectivity index (χ1) is 10.2. The maximum atomic E-state index is 6.30. The molecule has 0 aromatic carbocycles. The molecule has 1 saturated heterocycles. The number of aryl methyl sites for hydroxylation is 1. The number of piperidine rings is 1. The molecule has 0 bridgehead atoms. The summed E-state index contributed by atoms with van der Waals surface area (Å²) in [7, 11) is 0. The monoisotopic (exact) mass is 290 g/mol. The molecule has 2 atom stereocenters. The Hall–Kier alpha value is -1.03. The molecule has 2 N–H and O–H groups in total. The number of hydrogen-bond donors (Lipinski definition) is 1. The summed E-state index contributed by atoms with van der Waals surface area (Å²) < 4.78 is 2.47. The van der Waals surface area contributed by atoms with Crippen molar-refractivity contribution in [2.24, 2.45) is 11.7 Å². The van der Waals surface area contributed by atoms with Crippen LogP contribution in [0.1, 0.15) is 64.1 Å². The quantitative estimate of drug-likeness (QED) is 0.930. The molecule has 2 heterocycles. The van der Waals surface area contributed by atoms with E-state index in [2.05, 4.69) is 29.5 Å². The maximum Gasteiger partial charge on any atom is 0.206 e. The lowest BCUT2D eigenvalue weighted by atomic mass is 9.94. The van der Waals surface area contributed by atoms with Crippen LogP contribution in [0, 0.1) is 5.92 Å². The van der Waals surface area contributed by atoms with Crippen LogP contribution >= 0.6 is 0 Å². The predicted molar refractivity (Wildman–Crippen MR) is 87.7 cm³/mol. The zero-order valence-electron chi connectivity index (χ0n) is 13.6. The molecule has 1 saturated carbocycles. The number of hydrogen-bond acceptors (Lipinski definition) is 3. The molecule has 1 aliphatic heterocycles. The average molecular weight is 290 g/mol. The fraction of sp³-hybridized carbons (Fsp3) is 0.824. The van der Waals surface area contributed by atoms with Crippen LogP contribution in [-0.4, -0.2) is 28.7 Å². The average Bonchev–Trinajstić information content (AvgIpc) is 2.95. The number of rotatable bonds is 3. The van der Waals surface area contributed by atoms with Gasteiger partial charge < -0.3 is 15.2 Å². The fourth-order valence-electron chi connectivity index (χ4n) is 3.75. The van der Waals surface area contributed by atoms with Gasteiger partial charge in [0.2, 0.25) is 5.95 Å². The van der Waals surface area contributed by atoms with Gasteiger partial charge in [0.25, 0.3) is 0 Å². The molecule has 2 unspecified atom stereocenters. The highest BCUT2D eigenvalue weighted by molar-refractivity contribution is 5.36. The molecule has 1 aromatic heterocycles. The molecule has 2 aliphatic rings. The van der Waals surface area contributed by atoms with E-state index in [9.17, 15) is 0 Å². The van der Waals surface area contributed by atoms with Crippen LogP contribution in [0.3, 0.4) is 0 Å². The first-order valence-corrected chi connectivity index (χ1v) is 8.77. The Morgan fingerprint density at radius 2 is 2.00 bits per heavy atom. The number of nitrogens with two attached hydrogens (primary N) is 1. The third-order valence-electron chi connectivity index (χ3n) is 5.39. The van der Waals surface area contributed by atoms with Gasteiger partial charge in [-0.15, -0.1) is 0 Å². The van der Waals surface area contributed by atoms with E-state index in [1.165, 1.54) is 50.2 Å². The van der Waals surface area contributed by atoms with E-state index in [1.807, 2.05) is 0 Å². The molecular weight excluding hydrogens is 260 g/mol. The second-order valence-corrected chi connectivity index (χ2v) is 6.96. The molecule has 4 heteroatoms. The Morgan fingerprint density at radius 3 is 2.67 bits per heavy atom. The Morgan fingerprint density at radius 1 is 1.24 bits per heavy atom. The molecule has 118 valence electrons. The summed E-state index contributed by atoms with van der Waals surface area (Å²) in [6, 6.07) is 0.928. The van der Waals surface area contributed by atoms with Crippen LogP contribution < -0.4 is 10.6 Å². The zero-order valence-corrected chi connectivity index (χ0v) is 13.6. The van der Waals surface area contributed by atoms with Gasteiger partial charge >= 0.3 is 0 Å². The molecule has 3 rings (SSSR count). The molecule has 1 aliphatic carbocycles. The predicted octanol–water partition coefficient (Wildman–Crippen LogP) is 3.12. The Kier molecular flexibility index (Phi) is 4.53. The number of aromatic nitrogens is 2. The van der Waals surface area contributed by atoms with E-state index in [-0.39, 0.29) is 6.04 Å². The van der Waals surface area contributed by atoms with Crippen LogP contribution in [0.4, 0.5) is 5.95 Å². The first-order valence-electron chi connectivity index (χ1n) is 8.77. The molecule has 1 aromatic rings. The lowest BCUT2D eigenvalue weighted by molar-refractivity contribution is 0.340. The third kappa shape index (κ3) is 3.10. The van der Waals surface area contributed by atoms with Gasteiger partial charge in [0.05, 0.1) is 5.69 Å². The second-order valence-electron chi connectivity index (χ2n) is 6.96. The van der Waals surface area contributed by atoms with Crippen LogP contribution in [0.2, 0.25) is 0 Å². The first kappa shape index (κ1) is 14.9. The van der Waals surface area contributed by atoms with E-state index in [4.69, 9.17) is 10.7 Å². The standard InChI is InChI=1S/C17H30N4/c1-3-14-11-21(15-7-5-4-6-8-15)17(19-14)20-10-9-13(2)16(18)12-20/h11,13,15-16H,3-10,12,18H2,1-2H3. The van der Waals surface area contributed by atoms with Crippen molar-refractivity contribution < 1.29 is 0 Å². The van der Waals surface area contributed by atoms with Crippen molar-refractivity contribution in [1.29, 1.82) is 0 Å². The highest BCUT2D eigenvalue weighted by Gasteiger charge is 2.28. The van der Waals surface area contributed by atoms with Gasteiger partial charge in [0.1, 0.15) is 0 Å². The summed E-state index contributed by atoms with van der Waals surface area (Å²) >= 11 is 0. The highest BCUT2D eigenvalue weighted by Crippen LogP contribution is 2.33. The highest BCUT2D eigenvalue weighted by atomic mass is 15.3. The van der Waals surface area contributed by atoms with Crippen LogP contribution in [0.5, 0.6) is 0 Å². The molecule has 0 spiro atoms. The smallest absolute Gasteiger partial charge is 0.206 e. The minimum absolute atomic E-state index is 0.278. The minimum Gasteiger partial charge on any atom is -0.341 e. The zero-order chi connectivity index (χ0) is 14.8. The topological polar surface area (TPSA) is 47.1 Å². The van der Waals surface area contributed by atoms with E-state index >= 15 is 0 Å². The Balaban J connectivity index is 1.84. The van der Waals surface area contributed by atoms with Gasteiger partial charge in [0.15, 0.2) is 0 Å². The normalized spacial score (nSPS) is 28.0. The van der Waals surface area contributed by atoms with Crippen molar-refractivity contribution in [3.05, 3.63) is 11.9 Å². The number of imidazole rings is 1. The van der Waals surface area contributed by atoms with Crippen LogP contribution in [0.15, 0.2) is 6.20 Å². The maximum absolute atomic E-state index is 6.30. The molecule has 2 fully saturated rings.